The van der Waals surface area contributed by atoms with Crippen molar-refractivity contribution in [3.8, 4) is 11.1 Å². The van der Waals surface area contributed by atoms with E-state index in [-0.39, 0.29) is 11.7 Å². The molecule has 1 saturated heterocycles. The second-order valence-corrected chi connectivity index (χ2v) is 9.92. The van der Waals surface area contributed by atoms with Crippen molar-refractivity contribution in [3.63, 3.8) is 0 Å². The van der Waals surface area contributed by atoms with Gasteiger partial charge in [0.15, 0.2) is 5.78 Å². The van der Waals surface area contributed by atoms with Crippen molar-refractivity contribution in [1.82, 2.24) is 14.9 Å². The zero-order valence-corrected chi connectivity index (χ0v) is 23.2. The lowest BCUT2D eigenvalue weighted by Crippen LogP contribution is -2.44. The number of hydrogen-bond acceptors (Lipinski definition) is 8. The van der Waals surface area contributed by atoms with E-state index >= 15 is 0 Å². The van der Waals surface area contributed by atoms with Gasteiger partial charge in [-0.25, -0.2) is 4.98 Å². The van der Waals surface area contributed by atoms with Crippen LogP contribution in [0.25, 0.3) is 11.1 Å². The van der Waals surface area contributed by atoms with E-state index in [4.69, 9.17) is 4.98 Å². The van der Waals surface area contributed by atoms with Crippen LogP contribution in [-0.4, -0.2) is 59.8 Å². The van der Waals surface area contributed by atoms with Gasteiger partial charge in [0.25, 0.3) is 0 Å². The molecule has 0 unspecified atom stereocenters. The van der Waals surface area contributed by atoms with Crippen LogP contribution >= 0.6 is 0 Å². The maximum atomic E-state index is 12.0. The number of Topliss-reactive ketones (excluding diaryl/α,β-unsaturated/α-hetero) is 1. The molecule has 3 aromatic carbocycles. The van der Waals surface area contributed by atoms with Gasteiger partial charge in [-0.05, 0) is 62.0 Å². The fraction of sp³-hybridized carbons (Fsp3) is 0.188. The van der Waals surface area contributed by atoms with Gasteiger partial charge in [0.2, 0.25) is 11.9 Å². The number of aromatic nitrogens is 2. The van der Waals surface area contributed by atoms with E-state index in [0.29, 0.717) is 28.7 Å². The van der Waals surface area contributed by atoms with Crippen molar-refractivity contribution >= 4 is 46.2 Å². The van der Waals surface area contributed by atoms with Crippen molar-refractivity contribution in [2.45, 2.75) is 6.92 Å². The van der Waals surface area contributed by atoms with Crippen molar-refractivity contribution in [2.24, 2.45) is 0 Å². The summed E-state index contributed by atoms with van der Waals surface area (Å²) in [7, 11) is 2.15. The number of hydrogen-bond donors (Lipinski definition) is 3. The number of nitrogens with one attached hydrogen (secondary N) is 3. The summed E-state index contributed by atoms with van der Waals surface area (Å²) < 4.78 is 0. The molecule has 41 heavy (non-hydrogen) atoms. The quantitative estimate of drug-likeness (QED) is 0.181. The predicted molar refractivity (Wildman–Crippen MR) is 165 cm³/mol. The third-order valence-corrected chi connectivity index (χ3v) is 7.01. The average Bonchev–Trinajstić information content (AvgIpc) is 2.99. The van der Waals surface area contributed by atoms with Gasteiger partial charge in [0, 0.05) is 54.9 Å². The van der Waals surface area contributed by atoms with Gasteiger partial charge in [-0.15, -0.1) is 0 Å². The summed E-state index contributed by atoms with van der Waals surface area (Å²) in [5.41, 5.74) is 5.50. The molecule has 1 aliphatic heterocycles. The standard InChI is InChI=1S/C32H33N7O2/c1-4-30(41)35-28-7-5-6-8-29(28)36-31-27(24-11-9-23(10-12-24)22(2)40)21-33-32(37-31)34-25-13-15-26(16-14-25)39-19-17-38(3)18-20-39/h4-16,21H,1,17-20H2,2-3H3,(H,35,41)(H2,33,34,36,37). The minimum Gasteiger partial charge on any atom is -0.369 e. The van der Waals surface area contributed by atoms with Gasteiger partial charge in [0.05, 0.1) is 11.4 Å². The predicted octanol–water partition coefficient (Wildman–Crippen LogP) is 5.71. The number of para-hydroxylation sites is 2. The summed E-state index contributed by atoms with van der Waals surface area (Å²) in [5.74, 6) is 0.629. The lowest BCUT2D eigenvalue weighted by molar-refractivity contribution is -0.111. The molecular weight excluding hydrogens is 514 g/mol. The smallest absolute Gasteiger partial charge is 0.247 e. The molecule has 1 aliphatic rings. The number of rotatable bonds is 9. The van der Waals surface area contributed by atoms with E-state index < -0.39 is 0 Å². The molecule has 9 heteroatoms. The number of piperazine rings is 1. The monoisotopic (exact) mass is 547 g/mol. The maximum absolute atomic E-state index is 12.0. The Labute approximate surface area is 239 Å². The van der Waals surface area contributed by atoms with Gasteiger partial charge < -0.3 is 25.8 Å². The van der Waals surface area contributed by atoms with Crippen LogP contribution in [0.1, 0.15) is 17.3 Å². The zero-order valence-electron chi connectivity index (χ0n) is 23.2. The Kier molecular flexibility index (Phi) is 8.36. The van der Waals surface area contributed by atoms with Gasteiger partial charge in [-0.2, -0.15) is 4.98 Å². The third kappa shape index (κ3) is 6.77. The van der Waals surface area contributed by atoms with E-state index in [1.54, 1.807) is 24.4 Å². The Balaban J connectivity index is 1.44. The summed E-state index contributed by atoms with van der Waals surface area (Å²) in [5, 5.41) is 9.51. The molecular formula is C32H33N7O2. The number of amides is 1. The molecule has 0 spiro atoms. The second kappa shape index (κ2) is 12.4. The largest absolute Gasteiger partial charge is 0.369 e. The molecule has 5 rings (SSSR count). The van der Waals surface area contributed by atoms with Gasteiger partial charge in [0.1, 0.15) is 5.82 Å². The zero-order chi connectivity index (χ0) is 28.8. The lowest BCUT2D eigenvalue weighted by atomic mass is 10.0. The van der Waals surface area contributed by atoms with Crippen molar-refractivity contribution < 1.29 is 9.59 Å². The van der Waals surface area contributed by atoms with Crippen LogP contribution in [0.3, 0.4) is 0 Å². The Morgan fingerprint density at radius 3 is 2.22 bits per heavy atom. The van der Waals surface area contributed by atoms with Gasteiger partial charge in [-0.3, -0.25) is 9.59 Å². The second-order valence-electron chi connectivity index (χ2n) is 9.92. The molecule has 0 aliphatic carbocycles. The third-order valence-electron chi connectivity index (χ3n) is 7.01. The molecule has 3 N–H and O–H groups in total. The van der Waals surface area contributed by atoms with Gasteiger partial charge >= 0.3 is 0 Å². The average molecular weight is 548 g/mol. The van der Waals surface area contributed by atoms with Crippen molar-refractivity contribution in [2.75, 3.05) is 54.1 Å². The topological polar surface area (TPSA) is 102 Å². The summed E-state index contributed by atoms with van der Waals surface area (Å²) in [6.45, 7) is 9.19. The molecule has 4 aromatic rings. The Morgan fingerprint density at radius 2 is 1.56 bits per heavy atom. The highest BCUT2D eigenvalue weighted by Crippen LogP contribution is 2.33. The lowest BCUT2D eigenvalue weighted by Gasteiger charge is -2.34. The molecule has 9 nitrogen and oxygen atoms in total. The van der Waals surface area contributed by atoms with Gasteiger partial charge in [-0.1, -0.05) is 43.0 Å². The molecule has 0 saturated carbocycles. The number of carbonyl (C=O) groups excluding carboxylic acids is 2. The molecule has 2 heterocycles. The Hall–Kier alpha value is -5.02. The van der Waals surface area contributed by atoms with E-state index in [1.165, 1.54) is 18.7 Å². The highest BCUT2D eigenvalue weighted by molar-refractivity contribution is 6.01. The molecule has 0 bridgehead atoms. The van der Waals surface area contributed by atoms with E-state index in [1.807, 2.05) is 42.5 Å². The van der Waals surface area contributed by atoms with Crippen LogP contribution in [0.15, 0.2) is 91.6 Å². The molecule has 1 aromatic heterocycles. The normalized spacial score (nSPS) is 13.4. The first-order chi connectivity index (χ1) is 19.9. The van der Waals surface area contributed by atoms with Crippen LogP contribution in [-0.2, 0) is 4.79 Å². The summed E-state index contributed by atoms with van der Waals surface area (Å²) in [6, 6.07) is 22.9. The highest BCUT2D eigenvalue weighted by Gasteiger charge is 2.16. The summed E-state index contributed by atoms with van der Waals surface area (Å²) in [6.07, 6.45) is 2.96. The minimum atomic E-state index is -0.315. The fourth-order valence-electron chi connectivity index (χ4n) is 4.59. The first-order valence-electron chi connectivity index (χ1n) is 13.5. The van der Waals surface area contributed by atoms with E-state index in [9.17, 15) is 9.59 Å². The number of carbonyl (C=O) groups is 2. The van der Waals surface area contributed by atoms with Crippen LogP contribution in [0.5, 0.6) is 0 Å². The summed E-state index contributed by atoms with van der Waals surface area (Å²) in [4.78, 5) is 38.0. The first-order valence-corrected chi connectivity index (χ1v) is 13.5. The van der Waals surface area contributed by atoms with E-state index in [2.05, 4.69) is 56.5 Å². The first kappa shape index (κ1) is 27.5. The summed E-state index contributed by atoms with van der Waals surface area (Å²) >= 11 is 0. The number of benzene rings is 3. The number of ketones is 1. The fourth-order valence-corrected chi connectivity index (χ4v) is 4.59. The molecule has 1 amide bonds. The van der Waals surface area contributed by atoms with Crippen LogP contribution in [0.4, 0.5) is 34.5 Å². The number of likely N-dealkylation sites (N-methyl/N-ethyl adjacent to an activating group) is 1. The number of nitrogens with zero attached hydrogens (tertiary/aromatic N) is 4. The number of anilines is 6. The van der Waals surface area contributed by atoms with Crippen molar-refractivity contribution in [1.29, 1.82) is 0 Å². The Bertz CT molecular complexity index is 1540. The van der Waals surface area contributed by atoms with Crippen molar-refractivity contribution in [3.05, 3.63) is 97.2 Å². The Morgan fingerprint density at radius 1 is 0.878 bits per heavy atom. The molecule has 208 valence electrons. The molecule has 0 atom stereocenters. The maximum Gasteiger partial charge on any atom is 0.247 e. The van der Waals surface area contributed by atoms with Crippen LogP contribution in [0, 0.1) is 0 Å². The SMILES string of the molecule is C=CC(=O)Nc1ccccc1Nc1nc(Nc2ccc(N3CCN(C)CC3)cc2)ncc1-c1ccc(C(C)=O)cc1. The van der Waals surface area contributed by atoms with Crippen LogP contribution < -0.4 is 20.9 Å². The minimum absolute atomic E-state index is 0.00349. The molecule has 0 radical (unpaired) electrons. The highest BCUT2D eigenvalue weighted by atomic mass is 16.1. The molecule has 1 fully saturated rings. The van der Waals surface area contributed by atoms with E-state index in [0.717, 1.165) is 43.0 Å². The van der Waals surface area contributed by atoms with Crippen LogP contribution in [0.2, 0.25) is 0 Å².